The fourth-order valence-corrected chi connectivity index (χ4v) is 4.50. The predicted octanol–water partition coefficient (Wildman–Crippen LogP) is 4.15. The van der Waals surface area contributed by atoms with E-state index in [9.17, 15) is 5.11 Å². The summed E-state index contributed by atoms with van der Waals surface area (Å²) in [5, 5.41) is 17.2. The van der Waals surface area contributed by atoms with Crippen LogP contribution in [-0.4, -0.2) is 39.3 Å². The third kappa shape index (κ3) is 4.04. The second-order valence-corrected chi connectivity index (χ2v) is 8.10. The molecule has 27 heavy (non-hydrogen) atoms. The van der Waals surface area contributed by atoms with Gasteiger partial charge in [-0.1, -0.05) is 19.1 Å². The Hall–Kier alpha value is -2.25. The Balaban J connectivity index is 1.66. The van der Waals surface area contributed by atoms with Gasteiger partial charge in [-0.3, -0.25) is 0 Å². The number of hydrogen-bond acceptors (Lipinski definition) is 7. The van der Waals surface area contributed by atoms with E-state index >= 15 is 0 Å². The van der Waals surface area contributed by atoms with Gasteiger partial charge in [0.05, 0.1) is 15.8 Å². The first-order valence-electron chi connectivity index (χ1n) is 9.61. The molecule has 0 spiro atoms. The van der Waals surface area contributed by atoms with Crippen LogP contribution >= 0.6 is 11.3 Å². The van der Waals surface area contributed by atoms with Gasteiger partial charge in [-0.05, 0) is 43.7 Å². The van der Waals surface area contributed by atoms with Gasteiger partial charge in [-0.2, -0.15) is 4.98 Å². The molecule has 1 saturated carbocycles. The van der Waals surface area contributed by atoms with Gasteiger partial charge in [0.15, 0.2) is 0 Å². The van der Waals surface area contributed by atoms with Crippen LogP contribution in [0, 0.1) is 5.92 Å². The number of nitrogens with zero attached hydrogens (tertiary/aromatic N) is 3. The summed E-state index contributed by atoms with van der Waals surface area (Å²) in [5.41, 5.74) is 1.93. The molecule has 4 rings (SSSR count). The minimum atomic E-state index is 0.260. The first-order chi connectivity index (χ1) is 13.3. The SMILES string of the molecule is CCCNc1ncc(-c2nc3ccccc3s2)c(NC2CCC(CO)C2)n1. The summed E-state index contributed by atoms with van der Waals surface area (Å²) in [6, 6.07) is 8.48. The highest BCUT2D eigenvalue weighted by atomic mass is 32.1. The number of nitrogens with one attached hydrogen (secondary N) is 2. The average molecular weight is 384 g/mol. The van der Waals surface area contributed by atoms with Gasteiger partial charge in [0.25, 0.3) is 0 Å². The molecule has 1 aliphatic rings. The fraction of sp³-hybridized carbons (Fsp3) is 0.450. The van der Waals surface area contributed by atoms with Crippen LogP contribution in [0.5, 0.6) is 0 Å². The minimum Gasteiger partial charge on any atom is -0.396 e. The molecule has 3 N–H and O–H groups in total. The molecule has 2 unspecified atom stereocenters. The van der Waals surface area contributed by atoms with Crippen molar-refractivity contribution in [3.8, 4) is 10.6 Å². The summed E-state index contributed by atoms with van der Waals surface area (Å²) < 4.78 is 1.16. The minimum absolute atomic E-state index is 0.260. The maximum Gasteiger partial charge on any atom is 0.224 e. The normalized spacial score (nSPS) is 19.5. The van der Waals surface area contributed by atoms with E-state index in [0.29, 0.717) is 17.9 Å². The van der Waals surface area contributed by atoms with Crippen molar-refractivity contribution in [3.63, 3.8) is 0 Å². The van der Waals surface area contributed by atoms with Crippen molar-refractivity contribution in [2.45, 2.75) is 38.6 Å². The Kier molecular flexibility index (Phi) is 5.50. The molecule has 6 nitrogen and oxygen atoms in total. The monoisotopic (exact) mass is 383 g/mol. The molecule has 2 atom stereocenters. The summed E-state index contributed by atoms with van der Waals surface area (Å²) >= 11 is 1.66. The second-order valence-electron chi connectivity index (χ2n) is 7.07. The van der Waals surface area contributed by atoms with Crippen molar-refractivity contribution in [1.82, 2.24) is 15.0 Å². The molecule has 0 bridgehead atoms. The van der Waals surface area contributed by atoms with Gasteiger partial charge >= 0.3 is 0 Å². The molecule has 1 aromatic carbocycles. The zero-order valence-electron chi connectivity index (χ0n) is 15.5. The lowest BCUT2D eigenvalue weighted by atomic mass is 10.1. The Bertz CT molecular complexity index is 879. The van der Waals surface area contributed by atoms with E-state index in [0.717, 1.165) is 58.8 Å². The molecule has 0 radical (unpaired) electrons. The van der Waals surface area contributed by atoms with Crippen LogP contribution in [0.2, 0.25) is 0 Å². The summed E-state index contributed by atoms with van der Waals surface area (Å²) in [6.45, 7) is 3.22. The van der Waals surface area contributed by atoms with Crippen molar-refractivity contribution in [1.29, 1.82) is 0 Å². The number of benzene rings is 1. The largest absolute Gasteiger partial charge is 0.396 e. The first-order valence-corrected chi connectivity index (χ1v) is 10.4. The van der Waals surface area contributed by atoms with Crippen molar-refractivity contribution in [2.24, 2.45) is 5.92 Å². The molecule has 0 aliphatic heterocycles. The molecule has 2 heterocycles. The number of hydrogen-bond donors (Lipinski definition) is 3. The topological polar surface area (TPSA) is 83.0 Å². The zero-order valence-corrected chi connectivity index (χ0v) is 16.3. The van der Waals surface area contributed by atoms with Gasteiger partial charge in [0, 0.05) is 25.4 Å². The number of aromatic nitrogens is 3. The third-order valence-electron chi connectivity index (χ3n) is 4.99. The summed E-state index contributed by atoms with van der Waals surface area (Å²) in [4.78, 5) is 14.0. The van der Waals surface area contributed by atoms with Crippen LogP contribution < -0.4 is 10.6 Å². The molecule has 1 fully saturated rings. The van der Waals surface area contributed by atoms with E-state index in [1.807, 2.05) is 24.4 Å². The lowest BCUT2D eigenvalue weighted by molar-refractivity contribution is 0.229. The van der Waals surface area contributed by atoms with Crippen LogP contribution in [0.25, 0.3) is 20.8 Å². The zero-order chi connectivity index (χ0) is 18.6. The number of anilines is 2. The third-order valence-corrected chi connectivity index (χ3v) is 6.06. The number of fused-ring (bicyclic) bond motifs is 1. The maximum atomic E-state index is 9.43. The number of thiazole rings is 1. The van der Waals surface area contributed by atoms with Crippen LogP contribution in [0.1, 0.15) is 32.6 Å². The molecule has 142 valence electrons. The Morgan fingerprint density at radius 3 is 2.89 bits per heavy atom. The lowest BCUT2D eigenvalue weighted by Crippen LogP contribution is -2.18. The molecular weight excluding hydrogens is 358 g/mol. The van der Waals surface area contributed by atoms with Crippen molar-refractivity contribution in [3.05, 3.63) is 30.5 Å². The molecule has 7 heteroatoms. The fourth-order valence-electron chi connectivity index (χ4n) is 3.52. The molecular formula is C20H25N5OS. The number of para-hydroxylation sites is 1. The van der Waals surface area contributed by atoms with E-state index in [1.165, 1.54) is 0 Å². The van der Waals surface area contributed by atoms with Gasteiger partial charge in [0.2, 0.25) is 5.95 Å². The number of aliphatic hydroxyl groups excluding tert-OH is 1. The first kappa shape index (κ1) is 18.1. The van der Waals surface area contributed by atoms with Crippen molar-refractivity contribution in [2.75, 3.05) is 23.8 Å². The molecule has 1 aliphatic carbocycles. The Labute approximate surface area is 163 Å². The van der Waals surface area contributed by atoms with E-state index in [2.05, 4.69) is 28.6 Å². The second kappa shape index (κ2) is 8.19. The summed E-state index contributed by atoms with van der Waals surface area (Å²) in [6.07, 6.45) is 5.95. The highest BCUT2D eigenvalue weighted by molar-refractivity contribution is 7.21. The number of aliphatic hydroxyl groups is 1. The standard InChI is InChI=1S/C20H25N5OS/c1-2-9-21-20-22-11-15(19-24-16-5-3-4-6-17(16)27-19)18(25-20)23-14-8-7-13(10-14)12-26/h3-6,11,13-14,26H,2,7-10,12H2,1H3,(H2,21,22,23,25). The van der Waals surface area contributed by atoms with Crippen LogP contribution in [-0.2, 0) is 0 Å². The maximum absolute atomic E-state index is 9.43. The van der Waals surface area contributed by atoms with E-state index < -0.39 is 0 Å². The summed E-state index contributed by atoms with van der Waals surface area (Å²) in [5.74, 6) is 1.85. The highest BCUT2D eigenvalue weighted by Gasteiger charge is 2.25. The predicted molar refractivity (Wildman–Crippen MR) is 111 cm³/mol. The smallest absolute Gasteiger partial charge is 0.224 e. The van der Waals surface area contributed by atoms with Crippen LogP contribution in [0.3, 0.4) is 0 Å². The van der Waals surface area contributed by atoms with Crippen molar-refractivity contribution >= 4 is 33.3 Å². The quantitative estimate of drug-likeness (QED) is 0.568. The summed E-state index contributed by atoms with van der Waals surface area (Å²) in [7, 11) is 0. The van der Waals surface area contributed by atoms with Gasteiger partial charge in [-0.15, -0.1) is 11.3 Å². The molecule has 0 saturated heterocycles. The molecule has 0 amide bonds. The molecule has 3 aromatic rings. The van der Waals surface area contributed by atoms with Crippen molar-refractivity contribution < 1.29 is 5.11 Å². The van der Waals surface area contributed by atoms with E-state index in [-0.39, 0.29) is 6.61 Å². The van der Waals surface area contributed by atoms with Crippen LogP contribution in [0.15, 0.2) is 30.5 Å². The van der Waals surface area contributed by atoms with Gasteiger partial charge in [0.1, 0.15) is 10.8 Å². The lowest BCUT2D eigenvalue weighted by Gasteiger charge is -2.16. The van der Waals surface area contributed by atoms with Gasteiger partial charge in [-0.25, -0.2) is 9.97 Å². The van der Waals surface area contributed by atoms with Gasteiger partial charge < -0.3 is 15.7 Å². The highest BCUT2D eigenvalue weighted by Crippen LogP contribution is 2.35. The Morgan fingerprint density at radius 2 is 2.11 bits per heavy atom. The Morgan fingerprint density at radius 1 is 1.22 bits per heavy atom. The van der Waals surface area contributed by atoms with E-state index in [4.69, 9.17) is 9.97 Å². The van der Waals surface area contributed by atoms with E-state index in [1.54, 1.807) is 11.3 Å². The molecule has 2 aromatic heterocycles. The average Bonchev–Trinajstić information content (AvgIpc) is 3.33. The number of rotatable bonds is 7. The van der Waals surface area contributed by atoms with Crippen LogP contribution in [0.4, 0.5) is 11.8 Å².